The molecule has 1 heterocycles. The molecule has 1 saturated heterocycles. The van der Waals surface area contributed by atoms with Gasteiger partial charge >= 0.3 is 0 Å². The lowest BCUT2D eigenvalue weighted by Gasteiger charge is -2.42. The molecule has 4 heteroatoms. The van der Waals surface area contributed by atoms with Crippen molar-refractivity contribution in [2.45, 2.75) is 44.3 Å². The maximum atomic E-state index is 9.61. The van der Waals surface area contributed by atoms with Gasteiger partial charge in [0.1, 0.15) is 0 Å². The van der Waals surface area contributed by atoms with E-state index in [0.29, 0.717) is 6.42 Å². The fourth-order valence-electron chi connectivity index (χ4n) is 1.52. The number of aliphatic hydroxyl groups excluding tert-OH is 1. The van der Waals surface area contributed by atoms with Gasteiger partial charge in [0.2, 0.25) is 0 Å². The molecule has 1 fully saturated rings. The summed E-state index contributed by atoms with van der Waals surface area (Å²) in [5.74, 6) is 0. The van der Waals surface area contributed by atoms with Crippen molar-refractivity contribution in [2.75, 3.05) is 7.11 Å². The fraction of sp³-hybridized carbons (Fsp3) is 1.00. The van der Waals surface area contributed by atoms with Crippen molar-refractivity contribution < 1.29 is 14.6 Å². The number of aliphatic hydroxyl groups is 1. The summed E-state index contributed by atoms with van der Waals surface area (Å²) in [6.45, 7) is 3.60. The van der Waals surface area contributed by atoms with Crippen LogP contribution in [0.4, 0.5) is 0 Å². The molecule has 1 aliphatic heterocycles. The summed E-state index contributed by atoms with van der Waals surface area (Å²) in [7, 11) is 1.57. The minimum Gasteiger partial charge on any atom is -0.389 e. The average Bonchev–Trinajstić information content (AvgIpc) is 1.99. The van der Waals surface area contributed by atoms with Crippen LogP contribution in [0.25, 0.3) is 0 Å². The number of rotatable bonds is 1. The Morgan fingerprint density at radius 1 is 1.67 bits per heavy atom. The van der Waals surface area contributed by atoms with Crippen LogP contribution in [-0.2, 0) is 9.47 Å². The second-order valence-electron chi connectivity index (χ2n) is 3.66. The molecule has 1 rings (SSSR count). The maximum Gasteiger partial charge on any atom is 0.159 e. The number of methoxy groups -OCH3 is 1. The van der Waals surface area contributed by atoms with E-state index in [1.165, 1.54) is 0 Å². The minimum atomic E-state index is -0.621. The molecule has 0 radical (unpaired) electrons. The molecule has 0 aromatic carbocycles. The van der Waals surface area contributed by atoms with Gasteiger partial charge in [-0.15, -0.1) is 0 Å². The highest BCUT2D eigenvalue weighted by Crippen LogP contribution is 2.26. The summed E-state index contributed by atoms with van der Waals surface area (Å²) in [5.41, 5.74) is 5.25. The third kappa shape index (κ3) is 1.77. The van der Waals surface area contributed by atoms with E-state index >= 15 is 0 Å². The first-order valence-electron chi connectivity index (χ1n) is 4.12. The second-order valence-corrected chi connectivity index (χ2v) is 3.66. The van der Waals surface area contributed by atoms with E-state index in [1.54, 1.807) is 14.0 Å². The van der Waals surface area contributed by atoms with Crippen LogP contribution in [0, 0.1) is 0 Å². The van der Waals surface area contributed by atoms with Crippen molar-refractivity contribution in [1.29, 1.82) is 0 Å². The molecular formula is C8H17NO3. The van der Waals surface area contributed by atoms with E-state index < -0.39 is 11.6 Å². The highest BCUT2D eigenvalue weighted by Gasteiger charge is 2.41. The fourth-order valence-corrected chi connectivity index (χ4v) is 1.52. The summed E-state index contributed by atoms with van der Waals surface area (Å²) >= 11 is 0. The lowest BCUT2D eigenvalue weighted by molar-refractivity contribution is -0.226. The van der Waals surface area contributed by atoms with Gasteiger partial charge in [0.15, 0.2) is 6.29 Å². The van der Waals surface area contributed by atoms with Crippen LogP contribution >= 0.6 is 0 Å². The normalized spacial score (nSPS) is 49.2. The zero-order chi connectivity index (χ0) is 9.35. The monoisotopic (exact) mass is 175 g/mol. The largest absolute Gasteiger partial charge is 0.389 e. The molecule has 0 aliphatic carbocycles. The number of nitrogens with two attached hydrogens (primary N) is 1. The van der Waals surface area contributed by atoms with Crippen molar-refractivity contribution in [3.63, 3.8) is 0 Å². The van der Waals surface area contributed by atoms with Gasteiger partial charge in [0.05, 0.1) is 12.2 Å². The van der Waals surface area contributed by atoms with E-state index in [2.05, 4.69) is 0 Å². The minimum absolute atomic E-state index is 0.265. The topological polar surface area (TPSA) is 64.7 Å². The lowest BCUT2D eigenvalue weighted by atomic mass is 9.86. The highest BCUT2D eigenvalue weighted by atomic mass is 16.7. The van der Waals surface area contributed by atoms with Gasteiger partial charge in [-0.1, -0.05) is 0 Å². The molecule has 0 unspecified atom stereocenters. The third-order valence-electron chi connectivity index (χ3n) is 2.36. The van der Waals surface area contributed by atoms with Crippen molar-refractivity contribution in [3.8, 4) is 0 Å². The Morgan fingerprint density at radius 3 is 2.67 bits per heavy atom. The zero-order valence-corrected chi connectivity index (χ0v) is 7.78. The molecule has 0 aromatic heterocycles. The molecule has 4 nitrogen and oxygen atoms in total. The van der Waals surface area contributed by atoms with E-state index in [9.17, 15) is 5.11 Å². The smallest absolute Gasteiger partial charge is 0.159 e. The molecule has 3 N–H and O–H groups in total. The molecule has 1 aliphatic rings. The summed E-state index contributed by atoms with van der Waals surface area (Å²) in [6.07, 6.45) is -0.657. The maximum absolute atomic E-state index is 9.61. The van der Waals surface area contributed by atoms with Crippen LogP contribution in [0.2, 0.25) is 0 Å². The predicted molar refractivity (Wildman–Crippen MR) is 44.6 cm³/mol. The molecule has 12 heavy (non-hydrogen) atoms. The van der Waals surface area contributed by atoms with Gasteiger partial charge in [-0.3, -0.25) is 0 Å². The SMILES string of the molecule is CO[C@@H]1C[C@](C)(N)[C@@H](O)[C@@H](C)O1. The number of hydrogen-bond acceptors (Lipinski definition) is 4. The van der Waals surface area contributed by atoms with Gasteiger partial charge in [0, 0.05) is 19.1 Å². The first-order valence-corrected chi connectivity index (χ1v) is 4.12. The molecule has 4 atom stereocenters. The number of ether oxygens (including phenoxy) is 2. The van der Waals surface area contributed by atoms with Gasteiger partial charge in [-0.05, 0) is 13.8 Å². The van der Waals surface area contributed by atoms with Crippen molar-refractivity contribution in [2.24, 2.45) is 5.73 Å². The molecule has 0 aromatic rings. The summed E-state index contributed by atoms with van der Waals surface area (Å²) in [4.78, 5) is 0. The van der Waals surface area contributed by atoms with Crippen LogP contribution < -0.4 is 5.73 Å². The third-order valence-corrected chi connectivity index (χ3v) is 2.36. The molecule has 72 valence electrons. The van der Waals surface area contributed by atoms with E-state index in [0.717, 1.165) is 0 Å². The van der Waals surface area contributed by atoms with Crippen molar-refractivity contribution in [1.82, 2.24) is 0 Å². The summed E-state index contributed by atoms with van der Waals surface area (Å²) in [5, 5.41) is 9.61. The van der Waals surface area contributed by atoms with Gasteiger partial charge in [-0.2, -0.15) is 0 Å². The average molecular weight is 175 g/mol. The molecule has 0 bridgehead atoms. The Bertz CT molecular complexity index is 160. The van der Waals surface area contributed by atoms with E-state index in [-0.39, 0.29) is 12.4 Å². The standard InChI is InChI=1S/C8H17NO3/c1-5-7(10)8(2,9)4-6(11-3)12-5/h5-7,10H,4,9H2,1-3H3/t5-,6+,7+,8+/m1/s1. The Hall–Kier alpha value is -0.160. The predicted octanol–water partition coefficient (Wildman–Crippen LogP) is -0.154. The van der Waals surface area contributed by atoms with Crippen LogP contribution in [-0.4, -0.2) is 36.3 Å². The van der Waals surface area contributed by atoms with Crippen molar-refractivity contribution in [3.05, 3.63) is 0 Å². The summed E-state index contributed by atoms with van der Waals surface area (Å²) < 4.78 is 10.4. The Balaban J connectivity index is 2.65. The molecule has 0 spiro atoms. The van der Waals surface area contributed by atoms with Gasteiger partial charge in [-0.25, -0.2) is 0 Å². The van der Waals surface area contributed by atoms with Crippen molar-refractivity contribution >= 4 is 0 Å². The molecule has 0 amide bonds. The zero-order valence-electron chi connectivity index (χ0n) is 7.78. The molecule has 0 saturated carbocycles. The van der Waals surface area contributed by atoms with Crippen LogP contribution in [0.15, 0.2) is 0 Å². The second kappa shape index (κ2) is 3.30. The van der Waals surface area contributed by atoms with Gasteiger partial charge < -0.3 is 20.3 Å². The van der Waals surface area contributed by atoms with Crippen LogP contribution in [0.1, 0.15) is 20.3 Å². The Labute approximate surface area is 72.6 Å². The number of hydrogen-bond donors (Lipinski definition) is 2. The van der Waals surface area contributed by atoms with E-state index in [4.69, 9.17) is 15.2 Å². The molecular weight excluding hydrogens is 158 g/mol. The quantitative estimate of drug-likeness (QED) is 0.581. The first-order chi connectivity index (χ1) is 5.47. The first kappa shape index (κ1) is 9.92. The van der Waals surface area contributed by atoms with Crippen LogP contribution in [0.3, 0.4) is 0 Å². The highest BCUT2D eigenvalue weighted by molar-refractivity contribution is 4.94. The van der Waals surface area contributed by atoms with Crippen LogP contribution in [0.5, 0.6) is 0 Å². The van der Waals surface area contributed by atoms with E-state index in [1.807, 2.05) is 6.92 Å². The lowest BCUT2D eigenvalue weighted by Crippen LogP contribution is -2.60. The Kier molecular flexibility index (Phi) is 2.73. The Morgan fingerprint density at radius 2 is 2.25 bits per heavy atom. The van der Waals surface area contributed by atoms with Gasteiger partial charge in [0.25, 0.3) is 0 Å². The summed E-state index contributed by atoms with van der Waals surface area (Å²) in [6, 6.07) is 0.